The van der Waals surface area contributed by atoms with Gasteiger partial charge in [-0.25, -0.2) is 0 Å². The van der Waals surface area contributed by atoms with E-state index < -0.39 is 0 Å². The molecule has 2 N–H and O–H groups in total. The van der Waals surface area contributed by atoms with E-state index in [0.29, 0.717) is 15.8 Å². The number of nitrogens with zero attached hydrogens (tertiary/aromatic N) is 3. The number of pyridine rings is 1. The Morgan fingerprint density at radius 1 is 1.15 bits per heavy atom. The van der Waals surface area contributed by atoms with Gasteiger partial charge < -0.3 is 24.8 Å². The molecule has 10 heteroatoms. The van der Waals surface area contributed by atoms with Gasteiger partial charge in [0.25, 0.3) is 0 Å². The number of ether oxygens (including phenoxy) is 1. The molecular weight excluding hydrogens is 598 g/mol. The fourth-order valence-corrected chi connectivity index (χ4v) is 6.14. The lowest BCUT2D eigenvalue weighted by atomic mass is 9.96. The van der Waals surface area contributed by atoms with Crippen molar-refractivity contribution < 1.29 is 9.53 Å². The highest BCUT2D eigenvalue weighted by atomic mass is 79.9. The number of carbonyl (C=O) groups is 1. The quantitative estimate of drug-likeness (QED) is 0.224. The third kappa shape index (κ3) is 5.32. The van der Waals surface area contributed by atoms with Crippen molar-refractivity contribution >= 4 is 62.1 Å². The van der Waals surface area contributed by atoms with Crippen LogP contribution in [-0.2, 0) is 9.53 Å². The highest BCUT2D eigenvalue weighted by Crippen LogP contribution is 2.45. The van der Waals surface area contributed by atoms with Crippen LogP contribution in [0.4, 0.5) is 11.4 Å². The molecular formula is C29H27BrClN5O2S. The van der Waals surface area contributed by atoms with Gasteiger partial charge >= 0.3 is 0 Å². The molecule has 0 aliphatic carbocycles. The van der Waals surface area contributed by atoms with Gasteiger partial charge in [-0.3, -0.25) is 9.78 Å². The maximum absolute atomic E-state index is 12.1. The topological polar surface area (TPSA) is 71.4 Å². The van der Waals surface area contributed by atoms with Crippen molar-refractivity contribution in [3.05, 3.63) is 105 Å². The summed E-state index contributed by atoms with van der Waals surface area (Å²) in [5.41, 5.74) is 6.55. The molecule has 1 aliphatic heterocycles. The summed E-state index contributed by atoms with van der Waals surface area (Å²) >= 11 is 16.3. The van der Waals surface area contributed by atoms with Gasteiger partial charge in [-0.05, 0) is 96.1 Å². The summed E-state index contributed by atoms with van der Waals surface area (Å²) in [5, 5.41) is 7.25. The molecule has 2 atom stereocenters. The maximum atomic E-state index is 12.1. The van der Waals surface area contributed by atoms with Gasteiger partial charge in [-0.1, -0.05) is 29.8 Å². The zero-order valence-electron chi connectivity index (χ0n) is 21.6. The Morgan fingerprint density at radius 3 is 2.62 bits per heavy atom. The molecule has 2 aromatic heterocycles. The Morgan fingerprint density at radius 2 is 1.92 bits per heavy atom. The highest BCUT2D eigenvalue weighted by molar-refractivity contribution is 9.10. The van der Waals surface area contributed by atoms with E-state index in [1.807, 2.05) is 48.5 Å². The van der Waals surface area contributed by atoms with E-state index in [1.54, 1.807) is 12.3 Å². The van der Waals surface area contributed by atoms with E-state index in [9.17, 15) is 4.79 Å². The third-order valence-corrected chi connectivity index (χ3v) is 8.06. The summed E-state index contributed by atoms with van der Waals surface area (Å²) in [7, 11) is 1.47. The molecule has 3 heterocycles. The van der Waals surface area contributed by atoms with Gasteiger partial charge in [0.05, 0.1) is 34.2 Å². The molecule has 200 valence electrons. The molecule has 1 saturated heterocycles. The largest absolute Gasteiger partial charge is 0.375 e. The van der Waals surface area contributed by atoms with Crippen LogP contribution in [0.1, 0.15) is 34.7 Å². The molecule has 0 saturated carbocycles. The van der Waals surface area contributed by atoms with Crippen molar-refractivity contribution in [2.24, 2.45) is 0 Å². The van der Waals surface area contributed by atoms with Crippen LogP contribution in [0.3, 0.4) is 0 Å². The minimum atomic E-state index is -0.280. The van der Waals surface area contributed by atoms with Crippen LogP contribution in [-0.4, -0.2) is 34.3 Å². The zero-order chi connectivity index (χ0) is 27.7. The molecule has 1 amide bonds. The molecule has 0 spiro atoms. The van der Waals surface area contributed by atoms with Crippen LogP contribution in [0.15, 0.2) is 77.4 Å². The first-order chi connectivity index (χ1) is 18.8. The number of methoxy groups -OCH3 is 1. The average Bonchev–Trinajstić information content (AvgIpc) is 3.41. The minimum Gasteiger partial charge on any atom is -0.375 e. The third-order valence-electron chi connectivity index (χ3n) is 6.76. The molecule has 39 heavy (non-hydrogen) atoms. The molecule has 1 fully saturated rings. The van der Waals surface area contributed by atoms with Gasteiger partial charge in [0.15, 0.2) is 5.11 Å². The fraction of sp³-hybridized carbons (Fsp3) is 0.207. The van der Waals surface area contributed by atoms with Crippen LogP contribution >= 0.6 is 39.7 Å². The first-order valence-corrected chi connectivity index (χ1v) is 13.9. The Labute approximate surface area is 246 Å². The molecule has 2 aromatic carbocycles. The number of carbonyl (C=O) groups excluding carboxylic acids is 1. The number of amides is 1. The van der Waals surface area contributed by atoms with Crippen molar-refractivity contribution in [3.8, 4) is 5.69 Å². The van der Waals surface area contributed by atoms with Crippen LogP contribution in [0, 0.1) is 13.8 Å². The molecule has 1 aliphatic rings. The lowest BCUT2D eigenvalue weighted by Gasteiger charge is -2.28. The van der Waals surface area contributed by atoms with Crippen molar-refractivity contribution in [1.29, 1.82) is 0 Å². The van der Waals surface area contributed by atoms with Gasteiger partial charge in [0.2, 0.25) is 5.91 Å². The molecule has 7 nitrogen and oxygen atoms in total. The first-order valence-electron chi connectivity index (χ1n) is 12.3. The summed E-state index contributed by atoms with van der Waals surface area (Å²) in [6, 6.07) is 21.4. The van der Waals surface area contributed by atoms with Crippen LogP contribution < -0.4 is 15.5 Å². The van der Waals surface area contributed by atoms with E-state index >= 15 is 0 Å². The number of hydrogen-bond acceptors (Lipinski definition) is 4. The first kappa shape index (κ1) is 27.3. The number of para-hydroxylation sites is 1. The molecule has 4 aromatic rings. The normalized spacial score (nSPS) is 16.8. The predicted molar refractivity (Wildman–Crippen MR) is 163 cm³/mol. The van der Waals surface area contributed by atoms with Crippen molar-refractivity contribution in [1.82, 2.24) is 14.9 Å². The molecule has 0 bridgehead atoms. The smallest absolute Gasteiger partial charge is 0.250 e. The van der Waals surface area contributed by atoms with E-state index in [1.165, 1.54) is 7.11 Å². The summed E-state index contributed by atoms with van der Waals surface area (Å²) in [6.07, 6.45) is 1.79. The predicted octanol–water partition coefficient (Wildman–Crippen LogP) is 6.67. The van der Waals surface area contributed by atoms with Crippen molar-refractivity contribution in [2.45, 2.75) is 25.9 Å². The zero-order valence-corrected chi connectivity index (χ0v) is 24.8. The Bertz CT molecular complexity index is 1540. The average molecular weight is 625 g/mol. The standard InChI is InChI=1S/C29H27BrClN5O2S/c1-17-14-20(18(2)35(17)25-10-5-4-8-21(25)30)28-27(24-9-6-7-13-32-24)34-29(39)36(28)19-11-12-23(22(31)15-19)33-26(37)16-38-3/h4-15,27-28H,16H2,1-3H3,(H,33,37)(H,34,39)/t27-,28-/m1/s1. The maximum Gasteiger partial charge on any atom is 0.250 e. The fourth-order valence-electron chi connectivity index (χ4n) is 5.11. The molecule has 5 rings (SSSR count). The van der Waals surface area contributed by atoms with E-state index in [0.717, 1.165) is 38.5 Å². The number of rotatable bonds is 7. The van der Waals surface area contributed by atoms with E-state index in [2.05, 4.69) is 67.0 Å². The van der Waals surface area contributed by atoms with Crippen LogP contribution in [0.5, 0.6) is 0 Å². The second kappa shape index (κ2) is 11.5. The number of benzene rings is 2. The summed E-state index contributed by atoms with van der Waals surface area (Å²) in [6.45, 7) is 4.17. The van der Waals surface area contributed by atoms with Crippen molar-refractivity contribution in [2.75, 3.05) is 23.9 Å². The van der Waals surface area contributed by atoms with Gasteiger partial charge in [0, 0.05) is 34.9 Å². The summed E-state index contributed by atoms with van der Waals surface area (Å²) in [4.78, 5) is 18.8. The number of halogens is 2. The number of hydrogen-bond donors (Lipinski definition) is 2. The second-order valence-corrected chi connectivity index (χ2v) is 10.9. The number of anilines is 2. The van der Waals surface area contributed by atoms with E-state index in [4.69, 9.17) is 28.6 Å². The Hall–Kier alpha value is -3.24. The number of aryl methyl sites for hydroxylation is 1. The van der Waals surface area contributed by atoms with Gasteiger partial charge in [0.1, 0.15) is 6.61 Å². The highest BCUT2D eigenvalue weighted by Gasteiger charge is 2.42. The monoisotopic (exact) mass is 623 g/mol. The number of thiocarbonyl (C=S) groups is 1. The van der Waals surface area contributed by atoms with E-state index in [-0.39, 0.29) is 24.6 Å². The SMILES string of the molecule is COCC(=O)Nc1ccc(N2C(=S)N[C@H](c3ccccn3)[C@H]2c2cc(C)n(-c3ccccc3Br)c2C)cc1Cl. The minimum absolute atomic E-state index is 0.0564. The summed E-state index contributed by atoms with van der Waals surface area (Å²) < 4.78 is 8.17. The number of aromatic nitrogens is 2. The Balaban J connectivity index is 1.62. The lowest BCUT2D eigenvalue weighted by molar-refractivity contribution is -0.119. The summed E-state index contributed by atoms with van der Waals surface area (Å²) in [5.74, 6) is -0.280. The number of nitrogens with one attached hydrogen (secondary N) is 2. The second-order valence-electron chi connectivity index (χ2n) is 9.26. The van der Waals surface area contributed by atoms with Crippen LogP contribution in [0.2, 0.25) is 5.02 Å². The lowest BCUT2D eigenvalue weighted by Crippen LogP contribution is -2.29. The Kier molecular flexibility index (Phi) is 8.04. The van der Waals surface area contributed by atoms with Gasteiger partial charge in [-0.15, -0.1) is 0 Å². The van der Waals surface area contributed by atoms with Crippen molar-refractivity contribution in [3.63, 3.8) is 0 Å². The van der Waals surface area contributed by atoms with Gasteiger partial charge in [-0.2, -0.15) is 0 Å². The molecule has 0 radical (unpaired) electrons. The van der Waals surface area contributed by atoms with Crippen LogP contribution in [0.25, 0.3) is 5.69 Å². The molecule has 0 unspecified atom stereocenters.